The molecule has 0 aliphatic heterocycles. The molecule has 1 fully saturated rings. The third-order valence-electron chi connectivity index (χ3n) is 3.60. The normalized spacial score (nSPS) is 22.8. The van der Waals surface area contributed by atoms with Crippen molar-refractivity contribution in [1.82, 2.24) is 5.32 Å². The number of nitro groups is 1. The van der Waals surface area contributed by atoms with Gasteiger partial charge in [-0.25, -0.2) is 4.39 Å². The van der Waals surface area contributed by atoms with Gasteiger partial charge in [-0.2, -0.15) is 4.39 Å². The number of aliphatic hydroxyl groups excluding tert-OH is 1. The minimum absolute atomic E-state index is 0.0225. The van der Waals surface area contributed by atoms with Crippen LogP contribution in [0.4, 0.5) is 14.5 Å². The Labute approximate surface area is 114 Å². The summed E-state index contributed by atoms with van der Waals surface area (Å²) in [5, 5.41) is 23.4. The van der Waals surface area contributed by atoms with E-state index in [1.807, 2.05) is 0 Å². The standard InChI is InChI=1S/C13H16F2N2O3/c14-9-6-10(15)12(17(19)20)5-8(9)7-16-11-3-1-2-4-13(11)18/h5-6,11,13,16,18H,1-4,7H2. The lowest BCUT2D eigenvalue weighted by molar-refractivity contribution is -0.387. The summed E-state index contributed by atoms with van der Waals surface area (Å²) in [6.45, 7) is 0.0225. The molecule has 1 aliphatic rings. The summed E-state index contributed by atoms with van der Waals surface area (Å²) in [7, 11) is 0. The van der Waals surface area contributed by atoms with Crippen LogP contribution in [0.2, 0.25) is 0 Å². The van der Waals surface area contributed by atoms with E-state index in [9.17, 15) is 24.0 Å². The largest absolute Gasteiger partial charge is 0.392 e. The highest BCUT2D eigenvalue weighted by molar-refractivity contribution is 5.37. The average molecular weight is 286 g/mol. The van der Waals surface area contributed by atoms with Crippen molar-refractivity contribution in [2.75, 3.05) is 0 Å². The Hall–Kier alpha value is -1.60. The second-order valence-electron chi connectivity index (χ2n) is 4.99. The number of hydrogen-bond acceptors (Lipinski definition) is 4. The average Bonchev–Trinajstić information content (AvgIpc) is 2.39. The Bertz CT molecular complexity index is 511. The van der Waals surface area contributed by atoms with Crippen molar-refractivity contribution in [3.8, 4) is 0 Å². The summed E-state index contributed by atoms with van der Waals surface area (Å²) >= 11 is 0. The molecule has 1 aromatic rings. The fraction of sp³-hybridized carbons (Fsp3) is 0.538. The Morgan fingerprint density at radius 1 is 1.30 bits per heavy atom. The van der Waals surface area contributed by atoms with Gasteiger partial charge >= 0.3 is 5.69 Å². The number of halogens is 2. The van der Waals surface area contributed by atoms with Crippen molar-refractivity contribution < 1.29 is 18.8 Å². The number of nitrogens with zero attached hydrogens (tertiary/aromatic N) is 1. The number of hydrogen-bond donors (Lipinski definition) is 2. The highest BCUT2D eigenvalue weighted by Crippen LogP contribution is 2.23. The second kappa shape index (κ2) is 6.23. The van der Waals surface area contributed by atoms with E-state index in [0.717, 1.165) is 25.3 Å². The molecule has 0 heterocycles. The maximum absolute atomic E-state index is 13.6. The zero-order chi connectivity index (χ0) is 14.7. The van der Waals surface area contributed by atoms with E-state index in [0.29, 0.717) is 12.5 Å². The maximum atomic E-state index is 13.6. The molecule has 0 saturated heterocycles. The second-order valence-corrected chi connectivity index (χ2v) is 4.99. The van der Waals surface area contributed by atoms with E-state index >= 15 is 0 Å². The molecule has 2 unspecified atom stereocenters. The van der Waals surface area contributed by atoms with Gasteiger partial charge in [0, 0.05) is 30.3 Å². The van der Waals surface area contributed by atoms with Crippen LogP contribution in [0.25, 0.3) is 0 Å². The third-order valence-corrected chi connectivity index (χ3v) is 3.60. The molecule has 1 aliphatic carbocycles. The molecule has 0 amide bonds. The third kappa shape index (κ3) is 3.29. The van der Waals surface area contributed by atoms with Crippen LogP contribution < -0.4 is 5.32 Å². The Morgan fingerprint density at radius 2 is 2.00 bits per heavy atom. The van der Waals surface area contributed by atoms with Gasteiger partial charge in [0.25, 0.3) is 0 Å². The van der Waals surface area contributed by atoms with Crippen LogP contribution in [0.3, 0.4) is 0 Å². The predicted molar refractivity (Wildman–Crippen MR) is 68.1 cm³/mol. The van der Waals surface area contributed by atoms with Crippen LogP contribution in [0, 0.1) is 21.7 Å². The van der Waals surface area contributed by atoms with Crippen LogP contribution in [-0.4, -0.2) is 22.2 Å². The van der Waals surface area contributed by atoms with Crippen LogP contribution >= 0.6 is 0 Å². The summed E-state index contributed by atoms with van der Waals surface area (Å²) in [4.78, 5) is 9.74. The first-order valence-electron chi connectivity index (χ1n) is 6.53. The fourth-order valence-corrected chi connectivity index (χ4v) is 2.45. The van der Waals surface area contributed by atoms with Gasteiger partial charge in [-0.05, 0) is 12.8 Å². The van der Waals surface area contributed by atoms with Crippen LogP contribution in [-0.2, 0) is 6.54 Å². The zero-order valence-electron chi connectivity index (χ0n) is 10.8. The Balaban J connectivity index is 2.09. The van der Waals surface area contributed by atoms with E-state index < -0.39 is 28.3 Å². The number of rotatable bonds is 4. The summed E-state index contributed by atoms with van der Waals surface area (Å²) in [6, 6.07) is 1.26. The molecule has 110 valence electrons. The number of nitrogens with one attached hydrogen (secondary N) is 1. The van der Waals surface area contributed by atoms with Crippen LogP contribution in [0.1, 0.15) is 31.2 Å². The van der Waals surface area contributed by atoms with Crippen molar-refractivity contribution in [1.29, 1.82) is 0 Å². The zero-order valence-corrected chi connectivity index (χ0v) is 10.8. The first-order valence-corrected chi connectivity index (χ1v) is 6.53. The fourth-order valence-electron chi connectivity index (χ4n) is 2.45. The molecule has 0 bridgehead atoms. The summed E-state index contributed by atoms with van der Waals surface area (Å²) in [6.07, 6.45) is 2.88. The number of nitro benzene ring substituents is 1. The highest BCUT2D eigenvalue weighted by Gasteiger charge is 2.24. The molecular formula is C13H16F2N2O3. The first-order chi connectivity index (χ1) is 9.49. The topological polar surface area (TPSA) is 75.4 Å². The molecule has 2 N–H and O–H groups in total. The van der Waals surface area contributed by atoms with Crippen molar-refractivity contribution in [3.63, 3.8) is 0 Å². The molecule has 0 radical (unpaired) electrons. The van der Waals surface area contributed by atoms with Crippen molar-refractivity contribution >= 4 is 5.69 Å². The molecule has 7 heteroatoms. The minimum atomic E-state index is -1.19. The smallest absolute Gasteiger partial charge is 0.305 e. The Kier molecular flexibility index (Phi) is 4.61. The summed E-state index contributed by atoms with van der Waals surface area (Å²) in [5.41, 5.74) is -0.719. The van der Waals surface area contributed by atoms with E-state index in [2.05, 4.69) is 5.32 Å². The number of aliphatic hydroxyl groups is 1. The quantitative estimate of drug-likeness (QED) is 0.657. The summed E-state index contributed by atoms with van der Waals surface area (Å²) < 4.78 is 26.8. The van der Waals surface area contributed by atoms with Crippen molar-refractivity contribution in [2.24, 2.45) is 0 Å². The molecule has 20 heavy (non-hydrogen) atoms. The van der Waals surface area contributed by atoms with Gasteiger partial charge < -0.3 is 10.4 Å². The van der Waals surface area contributed by atoms with Gasteiger partial charge in [-0.15, -0.1) is 0 Å². The predicted octanol–water partition coefficient (Wildman–Crippen LogP) is 2.27. The lowest BCUT2D eigenvalue weighted by Crippen LogP contribution is -2.41. The van der Waals surface area contributed by atoms with E-state index in [4.69, 9.17) is 0 Å². The van der Waals surface area contributed by atoms with Gasteiger partial charge in [0.15, 0.2) is 0 Å². The molecule has 2 rings (SSSR count). The number of benzene rings is 1. The van der Waals surface area contributed by atoms with Crippen molar-refractivity contribution in [2.45, 2.75) is 44.4 Å². The summed E-state index contributed by atoms with van der Waals surface area (Å²) in [5.74, 6) is -2.01. The van der Waals surface area contributed by atoms with E-state index in [1.165, 1.54) is 0 Å². The molecule has 5 nitrogen and oxygen atoms in total. The monoisotopic (exact) mass is 286 g/mol. The Morgan fingerprint density at radius 3 is 2.65 bits per heavy atom. The van der Waals surface area contributed by atoms with Crippen LogP contribution in [0.5, 0.6) is 0 Å². The molecule has 2 atom stereocenters. The molecule has 1 aromatic carbocycles. The molecule has 0 aromatic heterocycles. The highest BCUT2D eigenvalue weighted by atomic mass is 19.1. The van der Waals surface area contributed by atoms with E-state index in [-0.39, 0.29) is 18.2 Å². The molecular weight excluding hydrogens is 270 g/mol. The lowest BCUT2D eigenvalue weighted by Gasteiger charge is -2.28. The van der Waals surface area contributed by atoms with Gasteiger partial charge in [0.05, 0.1) is 11.0 Å². The van der Waals surface area contributed by atoms with Gasteiger partial charge in [0.1, 0.15) is 5.82 Å². The molecule has 0 spiro atoms. The SMILES string of the molecule is O=[N+]([O-])c1cc(CNC2CCCCC2O)c(F)cc1F. The van der Waals surface area contributed by atoms with Crippen molar-refractivity contribution in [3.05, 3.63) is 39.4 Å². The lowest BCUT2D eigenvalue weighted by atomic mass is 9.92. The van der Waals surface area contributed by atoms with Gasteiger partial charge in [-0.1, -0.05) is 12.8 Å². The minimum Gasteiger partial charge on any atom is -0.392 e. The first kappa shape index (κ1) is 14.8. The maximum Gasteiger partial charge on any atom is 0.305 e. The van der Waals surface area contributed by atoms with Crippen LogP contribution in [0.15, 0.2) is 12.1 Å². The van der Waals surface area contributed by atoms with E-state index in [1.54, 1.807) is 0 Å². The molecule has 1 saturated carbocycles. The van der Waals surface area contributed by atoms with Gasteiger partial charge in [-0.3, -0.25) is 10.1 Å². The van der Waals surface area contributed by atoms with Gasteiger partial charge in [0.2, 0.25) is 5.82 Å².